The molecule has 200 valence electrons. The Morgan fingerprint density at radius 1 is 1.21 bits per heavy atom. The van der Waals surface area contributed by atoms with Gasteiger partial charge >= 0.3 is 0 Å². The Hall–Kier alpha value is -3.42. The molecule has 0 radical (unpaired) electrons. The number of amides is 2. The summed E-state index contributed by atoms with van der Waals surface area (Å²) in [6.07, 6.45) is 1.94. The molecule has 2 aromatic carbocycles. The first-order chi connectivity index (χ1) is 18.0. The Bertz CT molecular complexity index is 1330. The van der Waals surface area contributed by atoms with Gasteiger partial charge in [0, 0.05) is 25.2 Å². The summed E-state index contributed by atoms with van der Waals surface area (Å²) in [6.45, 7) is 13.0. The normalized spacial score (nSPS) is 17.8. The summed E-state index contributed by atoms with van der Waals surface area (Å²) in [6, 6.07) is 7.39. The lowest BCUT2D eigenvalue weighted by molar-refractivity contribution is -0.133. The summed E-state index contributed by atoms with van der Waals surface area (Å²) in [5, 5.41) is 9.62. The number of aryl methyl sites for hydroxylation is 1. The molecule has 7 nitrogen and oxygen atoms in total. The van der Waals surface area contributed by atoms with Crippen LogP contribution >= 0.6 is 12.2 Å². The van der Waals surface area contributed by atoms with E-state index in [0.717, 1.165) is 4.90 Å². The van der Waals surface area contributed by atoms with Crippen molar-refractivity contribution in [3.63, 3.8) is 0 Å². The summed E-state index contributed by atoms with van der Waals surface area (Å²) in [5.74, 6) is -1.65. The number of nitrogens with zero attached hydrogens (tertiary/aromatic N) is 4. The molecule has 0 aromatic heterocycles. The highest BCUT2D eigenvalue weighted by atomic mass is 32.1. The van der Waals surface area contributed by atoms with Crippen molar-refractivity contribution in [2.45, 2.75) is 64.5 Å². The van der Waals surface area contributed by atoms with Crippen LogP contribution in [0.3, 0.4) is 0 Å². The van der Waals surface area contributed by atoms with Gasteiger partial charge in [-0.3, -0.25) is 14.5 Å². The van der Waals surface area contributed by atoms with Crippen LogP contribution < -0.4 is 9.80 Å². The number of piperidine rings is 1. The van der Waals surface area contributed by atoms with Gasteiger partial charge in [0.25, 0.3) is 5.91 Å². The summed E-state index contributed by atoms with van der Waals surface area (Å²) >= 11 is 5.58. The lowest BCUT2D eigenvalue weighted by atomic mass is 10.0. The zero-order valence-electron chi connectivity index (χ0n) is 21.6. The molecule has 2 saturated heterocycles. The van der Waals surface area contributed by atoms with Gasteiger partial charge in [0.2, 0.25) is 5.91 Å². The molecule has 2 aliphatic rings. The number of hydrogen-bond donors (Lipinski definition) is 1. The van der Waals surface area contributed by atoms with Crippen molar-refractivity contribution in [2.24, 2.45) is 0 Å². The quantitative estimate of drug-likeness (QED) is 0.411. The third-order valence-corrected chi connectivity index (χ3v) is 7.68. The van der Waals surface area contributed by atoms with Crippen LogP contribution in [0.15, 0.2) is 30.3 Å². The van der Waals surface area contributed by atoms with E-state index in [1.807, 2.05) is 0 Å². The molecule has 0 saturated carbocycles. The number of thiocarbonyl (C=S) groups is 1. The fourth-order valence-electron chi connectivity index (χ4n) is 4.98. The van der Waals surface area contributed by atoms with E-state index in [1.165, 1.54) is 30.0 Å². The molecule has 38 heavy (non-hydrogen) atoms. The molecule has 0 bridgehead atoms. The Morgan fingerprint density at radius 3 is 2.53 bits per heavy atom. The zero-order chi connectivity index (χ0) is 27.8. The molecule has 0 spiro atoms. The maximum atomic E-state index is 15.1. The standard InChI is InChI=1S/C28H30F2N4O3S/c1-17-22(31-4)10-11-23(25(17)30)33-26(37)28(2,3)34(27(33)38)19-9-8-18(21(29)16-19)6-5-7-24(36)32-14-12-20(35)13-15-32/h8-11,16,20,35H,5-7,12-15H2,1-3H3. The molecule has 10 heteroatoms. The molecular formula is C28H30F2N4O3S. The number of carbonyl (C=O) groups is 2. The van der Waals surface area contributed by atoms with Gasteiger partial charge in [0.1, 0.15) is 17.2 Å². The molecule has 2 amide bonds. The fourth-order valence-corrected chi connectivity index (χ4v) is 5.49. The number of hydrogen-bond acceptors (Lipinski definition) is 4. The number of halogens is 2. The minimum Gasteiger partial charge on any atom is -0.393 e. The predicted octanol–water partition coefficient (Wildman–Crippen LogP) is 5.05. The van der Waals surface area contributed by atoms with Crippen LogP contribution in [0.4, 0.5) is 25.8 Å². The van der Waals surface area contributed by atoms with E-state index in [4.69, 9.17) is 18.8 Å². The van der Waals surface area contributed by atoms with Crippen LogP contribution in [-0.2, 0) is 16.0 Å². The summed E-state index contributed by atoms with van der Waals surface area (Å²) in [4.78, 5) is 33.4. The Morgan fingerprint density at radius 2 is 1.89 bits per heavy atom. The first-order valence-electron chi connectivity index (χ1n) is 12.6. The predicted molar refractivity (Wildman–Crippen MR) is 145 cm³/mol. The first-order valence-corrected chi connectivity index (χ1v) is 13.0. The monoisotopic (exact) mass is 540 g/mol. The minimum atomic E-state index is -1.21. The lowest BCUT2D eigenvalue weighted by Crippen LogP contribution is -2.44. The Kier molecular flexibility index (Phi) is 7.81. The second kappa shape index (κ2) is 10.8. The second-order valence-electron chi connectivity index (χ2n) is 10.2. The van der Waals surface area contributed by atoms with Crippen molar-refractivity contribution in [2.75, 3.05) is 22.9 Å². The average molecular weight is 541 g/mol. The topological polar surface area (TPSA) is 68.5 Å². The van der Waals surface area contributed by atoms with Crippen LogP contribution in [0.25, 0.3) is 4.85 Å². The Labute approximate surface area is 226 Å². The number of benzene rings is 2. The van der Waals surface area contributed by atoms with Gasteiger partial charge < -0.3 is 14.9 Å². The van der Waals surface area contributed by atoms with E-state index in [1.54, 1.807) is 30.9 Å². The highest BCUT2D eigenvalue weighted by molar-refractivity contribution is 7.81. The SMILES string of the molecule is [C-]#[N+]c1ccc(N2C(=O)C(C)(C)N(c3ccc(CCCC(=O)N4CCC(O)CC4)c(F)c3)C2=S)c(F)c1C. The van der Waals surface area contributed by atoms with Gasteiger partial charge in [0.15, 0.2) is 10.8 Å². The molecule has 2 aliphatic heterocycles. The van der Waals surface area contributed by atoms with E-state index in [0.29, 0.717) is 56.4 Å². The fraction of sp³-hybridized carbons (Fsp3) is 0.429. The van der Waals surface area contributed by atoms with E-state index in [-0.39, 0.29) is 34.1 Å². The van der Waals surface area contributed by atoms with Crippen molar-refractivity contribution >= 4 is 46.2 Å². The highest BCUT2D eigenvalue weighted by Gasteiger charge is 2.51. The zero-order valence-corrected chi connectivity index (χ0v) is 22.4. The van der Waals surface area contributed by atoms with Crippen LogP contribution in [0, 0.1) is 25.1 Å². The summed E-state index contributed by atoms with van der Waals surface area (Å²) < 4.78 is 30.3. The van der Waals surface area contributed by atoms with Gasteiger partial charge in [-0.15, -0.1) is 0 Å². The van der Waals surface area contributed by atoms with Crippen molar-refractivity contribution in [3.05, 3.63) is 64.5 Å². The van der Waals surface area contributed by atoms with E-state index < -0.39 is 23.1 Å². The van der Waals surface area contributed by atoms with Gasteiger partial charge in [0.05, 0.1) is 18.4 Å². The van der Waals surface area contributed by atoms with Gasteiger partial charge in [-0.25, -0.2) is 13.6 Å². The number of aliphatic hydroxyl groups is 1. The van der Waals surface area contributed by atoms with Crippen LogP contribution in [0.5, 0.6) is 0 Å². The summed E-state index contributed by atoms with van der Waals surface area (Å²) in [5.41, 5.74) is -0.193. The molecule has 2 aromatic rings. The minimum absolute atomic E-state index is 0.00333. The Balaban J connectivity index is 1.49. The van der Waals surface area contributed by atoms with E-state index >= 15 is 8.78 Å². The molecular weight excluding hydrogens is 510 g/mol. The number of carbonyl (C=O) groups excluding carboxylic acids is 2. The molecule has 0 atom stereocenters. The van der Waals surface area contributed by atoms with Crippen molar-refractivity contribution < 1.29 is 23.5 Å². The number of rotatable bonds is 6. The van der Waals surface area contributed by atoms with E-state index in [9.17, 15) is 14.7 Å². The third-order valence-electron chi connectivity index (χ3n) is 7.32. The van der Waals surface area contributed by atoms with Crippen molar-refractivity contribution in [1.29, 1.82) is 0 Å². The van der Waals surface area contributed by atoms with Crippen LogP contribution in [0.1, 0.15) is 50.7 Å². The molecule has 1 N–H and O–H groups in total. The number of likely N-dealkylation sites (tertiary alicyclic amines) is 1. The largest absolute Gasteiger partial charge is 0.393 e. The first kappa shape index (κ1) is 27.6. The number of aliphatic hydroxyl groups excluding tert-OH is 1. The third kappa shape index (κ3) is 5.00. The summed E-state index contributed by atoms with van der Waals surface area (Å²) in [7, 11) is 0. The highest BCUT2D eigenvalue weighted by Crippen LogP contribution is 2.39. The van der Waals surface area contributed by atoms with Gasteiger partial charge in [-0.1, -0.05) is 12.1 Å². The van der Waals surface area contributed by atoms with Crippen LogP contribution in [0.2, 0.25) is 0 Å². The maximum absolute atomic E-state index is 15.1. The van der Waals surface area contributed by atoms with Crippen molar-refractivity contribution in [3.8, 4) is 0 Å². The smallest absolute Gasteiger partial charge is 0.259 e. The van der Waals surface area contributed by atoms with E-state index in [2.05, 4.69) is 4.85 Å². The second-order valence-corrected chi connectivity index (χ2v) is 10.6. The van der Waals surface area contributed by atoms with Crippen LogP contribution in [-0.4, -0.2) is 51.7 Å². The average Bonchev–Trinajstić information content (AvgIpc) is 3.05. The maximum Gasteiger partial charge on any atom is 0.259 e. The molecule has 0 aliphatic carbocycles. The molecule has 0 unspecified atom stereocenters. The molecule has 2 heterocycles. The van der Waals surface area contributed by atoms with Crippen molar-refractivity contribution in [1.82, 2.24) is 4.90 Å². The number of anilines is 2. The molecule has 2 fully saturated rings. The lowest BCUT2D eigenvalue weighted by Gasteiger charge is -2.30. The van der Waals surface area contributed by atoms with Gasteiger partial charge in [-0.2, -0.15) is 0 Å². The van der Waals surface area contributed by atoms with Gasteiger partial charge in [-0.05, 0) is 88.0 Å². The molecule has 4 rings (SSSR count).